The van der Waals surface area contributed by atoms with Crippen LogP contribution >= 0.6 is 0 Å². The molecule has 0 aliphatic heterocycles. The number of amides is 3. The summed E-state index contributed by atoms with van der Waals surface area (Å²) in [5, 5.41) is 14.7. The predicted molar refractivity (Wildman–Crippen MR) is 102 cm³/mol. The Balaban J connectivity index is 1.56. The molecule has 0 spiro atoms. The minimum Gasteiger partial charge on any atom is -0.495 e. The molecular formula is C19H19N5O3. The number of carbonyl (C=O) groups excluding carboxylic acids is 2. The van der Waals surface area contributed by atoms with Gasteiger partial charge in [0.25, 0.3) is 5.91 Å². The van der Waals surface area contributed by atoms with E-state index in [2.05, 4.69) is 26.1 Å². The van der Waals surface area contributed by atoms with Crippen molar-refractivity contribution in [3.63, 3.8) is 0 Å². The summed E-state index contributed by atoms with van der Waals surface area (Å²) in [6.45, 7) is 0.363. The highest BCUT2D eigenvalue weighted by atomic mass is 16.5. The molecule has 138 valence electrons. The van der Waals surface area contributed by atoms with E-state index in [1.807, 2.05) is 12.1 Å². The first-order valence-electron chi connectivity index (χ1n) is 8.22. The molecule has 8 heteroatoms. The Hall–Kier alpha value is -3.81. The first-order valence-corrected chi connectivity index (χ1v) is 8.22. The van der Waals surface area contributed by atoms with Gasteiger partial charge in [-0.15, -0.1) is 0 Å². The van der Waals surface area contributed by atoms with E-state index in [1.54, 1.807) is 55.9 Å². The summed E-state index contributed by atoms with van der Waals surface area (Å²) in [5.41, 5.74) is 2.50. The number of nitrogens with one attached hydrogen (secondary N) is 4. The number of H-pyrrole nitrogens is 1. The van der Waals surface area contributed by atoms with E-state index in [9.17, 15) is 9.59 Å². The molecule has 0 aliphatic rings. The summed E-state index contributed by atoms with van der Waals surface area (Å²) < 4.78 is 5.22. The lowest BCUT2D eigenvalue weighted by atomic mass is 10.2. The van der Waals surface area contributed by atoms with Crippen molar-refractivity contribution in [3.8, 4) is 5.75 Å². The van der Waals surface area contributed by atoms with Crippen LogP contribution in [0.2, 0.25) is 0 Å². The van der Waals surface area contributed by atoms with Gasteiger partial charge in [-0.2, -0.15) is 5.10 Å². The van der Waals surface area contributed by atoms with Crippen LogP contribution in [0.15, 0.2) is 60.9 Å². The number of anilines is 2. The number of methoxy groups -OCH3 is 1. The Labute approximate surface area is 155 Å². The molecule has 0 unspecified atom stereocenters. The number of aromatic nitrogens is 2. The number of urea groups is 1. The van der Waals surface area contributed by atoms with Crippen LogP contribution in [0.4, 0.5) is 16.2 Å². The second-order valence-corrected chi connectivity index (χ2v) is 5.65. The Bertz CT molecular complexity index is 907. The smallest absolute Gasteiger partial charge is 0.319 e. The maximum Gasteiger partial charge on any atom is 0.319 e. The number of nitrogens with zero attached hydrogens (tertiary/aromatic N) is 1. The largest absolute Gasteiger partial charge is 0.495 e. The third-order valence-electron chi connectivity index (χ3n) is 3.77. The fourth-order valence-electron chi connectivity index (χ4n) is 2.38. The van der Waals surface area contributed by atoms with Gasteiger partial charge in [-0.05, 0) is 36.4 Å². The van der Waals surface area contributed by atoms with Gasteiger partial charge in [0.2, 0.25) is 0 Å². The van der Waals surface area contributed by atoms with Gasteiger partial charge in [0, 0.05) is 29.6 Å². The van der Waals surface area contributed by atoms with Crippen molar-refractivity contribution in [2.75, 3.05) is 17.7 Å². The van der Waals surface area contributed by atoms with Crippen LogP contribution in [-0.2, 0) is 6.54 Å². The van der Waals surface area contributed by atoms with Crippen molar-refractivity contribution >= 4 is 23.3 Å². The van der Waals surface area contributed by atoms with E-state index >= 15 is 0 Å². The quantitative estimate of drug-likeness (QED) is 0.538. The highest BCUT2D eigenvalue weighted by molar-refractivity contribution is 6.05. The molecular weight excluding hydrogens is 346 g/mol. The molecule has 0 bridgehead atoms. The van der Waals surface area contributed by atoms with Gasteiger partial charge in [0.15, 0.2) is 0 Å². The first-order chi connectivity index (χ1) is 13.2. The molecule has 27 heavy (non-hydrogen) atoms. The van der Waals surface area contributed by atoms with E-state index in [4.69, 9.17) is 4.74 Å². The van der Waals surface area contributed by atoms with E-state index in [0.29, 0.717) is 29.2 Å². The second-order valence-electron chi connectivity index (χ2n) is 5.65. The predicted octanol–water partition coefficient (Wildman–Crippen LogP) is 2.99. The van der Waals surface area contributed by atoms with Crippen molar-refractivity contribution < 1.29 is 14.3 Å². The van der Waals surface area contributed by atoms with Crippen molar-refractivity contribution in [3.05, 3.63) is 72.1 Å². The van der Waals surface area contributed by atoms with Crippen LogP contribution in [0, 0.1) is 0 Å². The Morgan fingerprint density at radius 2 is 1.85 bits per heavy atom. The summed E-state index contributed by atoms with van der Waals surface area (Å²) in [6.07, 6.45) is 3.34. The minimum absolute atomic E-state index is 0.268. The molecule has 0 saturated heterocycles. The average molecular weight is 365 g/mol. The second kappa shape index (κ2) is 8.52. The van der Waals surface area contributed by atoms with E-state index in [1.165, 1.54) is 0 Å². The van der Waals surface area contributed by atoms with Gasteiger partial charge in [0.05, 0.1) is 19.0 Å². The molecule has 2 aromatic carbocycles. The highest BCUT2D eigenvalue weighted by Crippen LogP contribution is 2.23. The molecule has 8 nitrogen and oxygen atoms in total. The number of hydrogen-bond donors (Lipinski definition) is 4. The number of hydrogen-bond acceptors (Lipinski definition) is 4. The van der Waals surface area contributed by atoms with E-state index in [-0.39, 0.29) is 11.9 Å². The zero-order chi connectivity index (χ0) is 19.1. The zero-order valence-corrected chi connectivity index (χ0v) is 14.7. The third kappa shape index (κ3) is 4.85. The van der Waals surface area contributed by atoms with E-state index in [0.717, 1.165) is 5.56 Å². The van der Waals surface area contributed by atoms with Crippen molar-refractivity contribution in [2.45, 2.75) is 6.54 Å². The Morgan fingerprint density at radius 3 is 2.56 bits per heavy atom. The van der Waals surface area contributed by atoms with Crippen LogP contribution in [0.1, 0.15) is 15.9 Å². The van der Waals surface area contributed by atoms with Gasteiger partial charge in [-0.1, -0.05) is 12.1 Å². The van der Waals surface area contributed by atoms with Crippen molar-refractivity contribution in [1.82, 2.24) is 15.5 Å². The van der Waals surface area contributed by atoms with Gasteiger partial charge in [-0.3, -0.25) is 9.89 Å². The number of rotatable bonds is 6. The summed E-state index contributed by atoms with van der Waals surface area (Å²) in [5.74, 6) is 0.314. The lowest BCUT2D eigenvalue weighted by molar-refractivity contribution is 0.102. The van der Waals surface area contributed by atoms with Gasteiger partial charge >= 0.3 is 6.03 Å². The van der Waals surface area contributed by atoms with Crippen LogP contribution in [0.5, 0.6) is 5.75 Å². The maximum atomic E-state index is 12.4. The molecule has 0 atom stereocenters. The van der Waals surface area contributed by atoms with Crippen molar-refractivity contribution in [1.29, 1.82) is 0 Å². The van der Waals surface area contributed by atoms with Crippen LogP contribution < -0.4 is 20.7 Å². The number of carbonyl (C=O) groups is 2. The molecule has 0 saturated carbocycles. The topological polar surface area (TPSA) is 108 Å². The minimum atomic E-state index is -0.345. The fraction of sp³-hybridized carbons (Fsp3) is 0.105. The van der Waals surface area contributed by atoms with Gasteiger partial charge in [0.1, 0.15) is 5.75 Å². The average Bonchev–Trinajstić information content (AvgIpc) is 3.21. The molecule has 3 aromatic rings. The Kier molecular flexibility index (Phi) is 5.68. The third-order valence-corrected chi connectivity index (χ3v) is 3.77. The molecule has 1 aromatic heterocycles. The highest BCUT2D eigenvalue weighted by Gasteiger charge is 2.10. The SMILES string of the molecule is COc1ccccc1NC(=O)c1ccc(NC(=O)NCc2cn[nH]c2)cc1. The van der Waals surface area contributed by atoms with Crippen molar-refractivity contribution in [2.24, 2.45) is 0 Å². The molecule has 0 aliphatic carbocycles. The van der Waals surface area contributed by atoms with E-state index < -0.39 is 0 Å². The summed E-state index contributed by atoms with van der Waals surface area (Å²) in [6, 6.07) is 13.4. The van der Waals surface area contributed by atoms with Gasteiger partial charge in [-0.25, -0.2) is 4.79 Å². The lowest BCUT2D eigenvalue weighted by Gasteiger charge is -2.10. The normalized spacial score (nSPS) is 10.1. The molecule has 0 fully saturated rings. The summed E-state index contributed by atoms with van der Waals surface area (Å²) in [7, 11) is 1.54. The number of para-hydroxylation sites is 2. The monoisotopic (exact) mass is 365 g/mol. The molecule has 1 heterocycles. The maximum absolute atomic E-state index is 12.4. The first kappa shape index (κ1) is 18.0. The zero-order valence-electron chi connectivity index (χ0n) is 14.7. The van der Waals surface area contributed by atoms with Crippen LogP contribution in [0.25, 0.3) is 0 Å². The number of benzene rings is 2. The lowest BCUT2D eigenvalue weighted by Crippen LogP contribution is -2.28. The molecule has 3 rings (SSSR count). The standard InChI is InChI=1S/C19H19N5O3/c1-27-17-5-3-2-4-16(17)24-18(25)14-6-8-15(9-7-14)23-19(26)20-10-13-11-21-22-12-13/h2-9,11-12H,10H2,1H3,(H,21,22)(H,24,25)(H2,20,23,26). The number of ether oxygens (including phenoxy) is 1. The molecule has 3 amide bonds. The molecule has 4 N–H and O–H groups in total. The summed E-state index contributed by atoms with van der Waals surface area (Å²) >= 11 is 0. The van der Waals surface area contributed by atoms with Crippen LogP contribution in [0.3, 0.4) is 0 Å². The number of aromatic amines is 1. The fourth-order valence-corrected chi connectivity index (χ4v) is 2.38. The van der Waals surface area contributed by atoms with Gasteiger partial charge < -0.3 is 20.7 Å². The summed E-state index contributed by atoms with van der Waals surface area (Å²) in [4.78, 5) is 24.3. The molecule has 0 radical (unpaired) electrons. The Morgan fingerprint density at radius 1 is 1.07 bits per heavy atom. The van der Waals surface area contributed by atoms with Crippen LogP contribution in [-0.4, -0.2) is 29.2 Å².